The van der Waals surface area contributed by atoms with Crippen LogP contribution in [0.3, 0.4) is 0 Å². The number of anilines is 1. The Morgan fingerprint density at radius 1 is 0.911 bits per heavy atom. The van der Waals surface area contributed by atoms with E-state index in [4.69, 9.17) is 4.74 Å². The van der Waals surface area contributed by atoms with Gasteiger partial charge in [-0.1, -0.05) is 24.3 Å². The average molecular weight is 684 g/mol. The molecule has 45 heavy (non-hydrogen) atoms. The molecule has 3 fully saturated rings. The molecule has 1 atom stereocenters. The van der Waals surface area contributed by atoms with Crippen LogP contribution in [-0.4, -0.2) is 120 Å². The number of nitrogens with zero attached hydrogens (tertiary/aromatic N) is 4. The van der Waals surface area contributed by atoms with E-state index in [0.29, 0.717) is 56.1 Å². The van der Waals surface area contributed by atoms with E-state index in [9.17, 15) is 19.5 Å². The normalized spacial score (nSPS) is 21.1. The summed E-state index contributed by atoms with van der Waals surface area (Å²) in [7, 11) is 0. The monoisotopic (exact) mass is 682 g/mol. The molecule has 0 aromatic heterocycles. The number of urea groups is 1. The molecule has 6 rings (SSSR count). The van der Waals surface area contributed by atoms with Crippen molar-refractivity contribution in [2.24, 2.45) is 0 Å². The number of carbonyl (C=O) groups excluding carboxylic acids is 3. The molecule has 0 spiro atoms. The number of carbonyl (C=O) groups is 3. The first kappa shape index (κ1) is 31.6. The Bertz CT molecular complexity index is 1370. The molecule has 0 radical (unpaired) electrons. The van der Waals surface area contributed by atoms with Crippen LogP contribution in [-0.2, 0) is 22.4 Å². The first-order valence-corrected chi connectivity index (χ1v) is 17.0. The third kappa shape index (κ3) is 7.56. The summed E-state index contributed by atoms with van der Waals surface area (Å²) >= 11 is 3.36. The summed E-state index contributed by atoms with van der Waals surface area (Å²) in [6.45, 7) is 6.40. The van der Waals surface area contributed by atoms with Gasteiger partial charge in [0, 0.05) is 70.0 Å². The molecule has 1 unspecified atom stereocenters. The van der Waals surface area contributed by atoms with E-state index in [-0.39, 0.29) is 30.2 Å². The molecule has 2 aromatic rings. The van der Waals surface area contributed by atoms with E-state index >= 15 is 0 Å². The lowest BCUT2D eigenvalue weighted by atomic mass is 10.0. The Labute approximate surface area is 273 Å². The van der Waals surface area contributed by atoms with Crippen molar-refractivity contribution < 1.29 is 24.2 Å². The second-order valence-corrected chi connectivity index (χ2v) is 13.3. The van der Waals surface area contributed by atoms with E-state index in [1.54, 1.807) is 23.1 Å². The van der Waals surface area contributed by atoms with Crippen molar-refractivity contribution in [1.29, 1.82) is 0 Å². The zero-order valence-corrected chi connectivity index (χ0v) is 27.2. The highest BCUT2D eigenvalue weighted by Crippen LogP contribution is 2.27. The molecule has 0 aliphatic carbocycles. The Kier molecular flexibility index (Phi) is 10.1. The number of rotatable bonds is 6. The van der Waals surface area contributed by atoms with Gasteiger partial charge in [-0.25, -0.2) is 9.59 Å². The maximum atomic E-state index is 13.9. The van der Waals surface area contributed by atoms with Gasteiger partial charge in [0.2, 0.25) is 0 Å². The van der Waals surface area contributed by atoms with Crippen molar-refractivity contribution in [2.75, 3.05) is 64.2 Å². The number of benzene rings is 2. The third-order valence-corrected chi connectivity index (χ3v) is 10.3. The quantitative estimate of drug-likeness (QED) is 0.426. The highest BCUT2D eigenvalue weighted by molar-refractivity contribution is 9.10. The lowest BCUT2D eigenvalue weighted by Crippen LogP contribution is -2.56. The van der Waals surface area contributed by atoms with Crippen molar-refractivity contribution in [2.45, 2.75) is 56.7 Å². The van der Waals surface area contributed by atoms with Crippen LogP contribution in [0.2, 0.25) is 0 Å². The molecule has 11 nitrogen and oxygen atoms in total. The number of aromatic hydroxyl groups is 1. The van der Waals surface area contributed by atoms with Gasteiger partial charge in [0.25, 0.3) is 5.91 Å². The van der Waals surface area contributed by atoms with Crippen LogP contribution in [0.4, 0.5) is 15.3 Å². The van der Waals surface area contributed by atoms with Crippen molar-refractivity contribution in [3.8, 4) is 5.75 Å². The Morgan fingerprint density at radius 2 is 1.64 bits per heavy atom. The van der Waals surface area contributed by atoms with Crippen LogP contribution in [0.5, 0.6) is 5.75 Å². The standard InChI is InChI=1S/C33H43BrN6O5/c34-27-21-23(5-6-29(27)41)22-30(31(42)38-19-17-37(18-20-38)25-7-12-35-13-8-25)45-33(44)39-14-10-26(11-15-39)40-16-9-24-3-1-2-4-28(24)36-32(40)43/h1-6,21,25-26,30,35,41H,7-20,22H2,(H,36,43). The zero-order valence-electron chi connectivity index (χ0n) is 25.6. The molecular weight excluding hydrogens is 640 g/mol. The van der Waals surface area contributed by atoms with Gasteiger partial charge in [-0.05, 0) is 90.4 Å². The molecule has 4 amide bonds. The van der Waals surface area contributed by atoms with Crippen molar-refractivity contribution in [3.63, 3.8) is 0 Å². The minimum atomic E-state index is -0.980. The van der Waals surface area contributed by atoms with Crippen LogP contribution in [0.1, 0.15) is 36.8 Å². The van der Waals surface area contributed by atoms with E-state index in [1.807, 2.05) is 34.1 Å². The number of nitrogens with one attached hydrogen (secondary N) is 2. The van der Waals surface area contributed by atoms with Crippen molar-refractivity contribution >= 4 is 39.6 Å². The largest absolute Gasteiger partial charge is 0.507 e. The molecule has 0 saturated carbocycles. The molecule has 242 valence electrons. The second-order valence-electron chi connectivity index (χ2n) is 12.5. The molecule has 0 bridgehead atoms. The number of hydrogen-bond donors (Lipinski definition) is 3. The van der Waals surface area contributed by atoms with Crippen LogP contribution in [0.15, 0.2) is 46.9 Å². The zero-order chi connectivity index (χ0) is 31.3. The molecule has 3 saturated heterocycles. The fourth-order valence-electron chi connectivity index (χ4n) is 7.05. The van der Waals surface area contributed by atoms with Gasteiger partial charge in [-0.3, -0.25) is 9.69 Å². The van der Waals surface area contributed by atoms with Crippen LogP contribution in [0, 0.1) is 0 Å². The maximum Gasteiger partial charge on any atom is 0.410 e. The number of phenols is 1. The van der Waals surface area contributed by atoms with Gasteiger partial charge in [0.1, 0.15) is 5.75 Å². The van der Waals surface area contributed by atoms with E-state index in [2.05, 4.69) is 31.5 Å². The van der Waals surface area contributed by atoms with E-state index in [0.717, 1.165) is 62.3 Å². The van der Waals surface area contributed by atoms with Crippen LogP contribution in [0.25, 0.3) is 0 Å². The van der Waals surface area contributed by atoms with Crippen LogP contribution >= 0.6 is 15.9 Å². The first-order valence-electron chi connectivity index (χ1n) is 16.2. The summed E-state index contributed by atoms with van der Waals surface area (Å²) in [5.74, 6) is -0.0781. The predicted molar refractivity (Wildman–Crippen MR) is 174 cm³/mol. The lowest BCUT2D eigenvalue weighted by molar-refractivity contribution is -0.143. The number of hydrogen-bond acceptors (Lipinski definition) is 7. The molecule has 2 aromatic carbocycles. The van der Waals surface area contributed by atoms with Gasteiger partial charge in [0.15, 0.2) is 6.10 Å². The van der Waals surface area contributed by atoms with Gasteiger partial charge < -0.3 is 35.2 Å². The third-order valence-electron chi connectivity index (χ3n) is 9.71. The van der Waals surface area contributed by atoms with Crippen molar-refractivity contribution in [3.05, 3.63) is 58.1 Å². The fraction of sp³-hybridized carbons (Fsp3) is 0.545. The summed E-state index contributed by atoms with van der Waals surface area (Å²) in [5, 5.41) is 16.4. The van der Waals surface area contributed by atoms with E-state index in [1.165, 1.54) is 0 Å². The maximum absolute atomic E-state index is 13.9. The summed E-state index contributed by atoms with van der Waals surface area (Å²) in [4.78, 5) is 48.2. The van der Waals surface area contributed by atoms with Gasteiger partial charge in [-0.2, -0.15) is 0 Å². The lowest BCUT2D eigenvalue weighted by Gasteiger charge is -2.41. The van der Waals surface area contributed by atoms with Gasteiger partial charge in [0.05, 0.1) is 4.47 Å². The molecule has 12 heteroatoms. The number of phenolic OH excluding ortho intramolecular Hbond substituents is 1. The highest BCUT2D eigenvalue weighted by Gasteiger charge is 2.36. The Balaban J connectivity index is 1.07. The average Bonchev–Trinajstić information content (AvgIpc) is 3.24. The number of piperazine rings is 1. The minimum Gasteiger partial charge on any atom is -0.507 e. The van der Waals surface area contributed by atoms with Gasteiger partial charge >= 0.3 is 12.1 Å². The van der Waals surface area contributed by atoms with Crippen LogP contribution < -0.4 is 10.6 Å². The second kappa shape index (κ2) is 14.4. The number of amides is 4. The Morgan fingerprint density at radius 3 is 2.38 bits per heavy atom. The molecule has 4 heterocycles. The van der Waals surface area contributed by atoms with Crippen molar-refractivity contribution in [1.82, 2.24) is 24.9 Å². The topological polar surface area (TPSA) is 118 Å². The van der Waals surface area contributed by atoms with E-state index < -0.39 is 12.2 Å². The molecule has 4 aliphatic rings. The number of para-hydroxylation sites is 1. The number of halogens is 1. The Hall–Kier alpha value is -3.35. The SMILES string of the molecule is O=C(OC(Cc1ccc(O)c(Br)c1)C(=O)N1CCN(C2CCNCC2)CC1)N1CCC(N2CCc3ccccc3NC2=O)CC1. The predicted octanol–water partition coefficient (Wildman–Crippen LogP) is 3.65. The number of ether oxygens (including phenoxy) is 1. The minimum absolute atomic E-state index is 0.0198. The molecule has 3 N–H and O–H groups in total. The fourth-order valence-corrected chi connectivity index (χ4v) is 7.47. The number of likely N-dealkylation sites (tertiary alicyclic amines) is 1. The van der Waals surface area contributed by atoms with Gasteiger partial charge in [-0.15, -0.1) is 0 Å². The summed E-state index contributed by atoms with van der Waals surface area (Å²) < 4.78 is 6.51. The summed E-state index contributed by atoms with van der Waals surface area (Å²) in [6.07, 6.45) is 3.02. The summed E-state index contributed by atoms with van der Waals surface area (Å²) in [5.41, 5.74) is 2.76. The molecular formula is C33H43BrN6O5. The number of piperidine rings is 2. The smallest absolute Gasteiger partial charge is 0.410 e. The first-order chi connectivity index (χ1) is 21.9. The highest BCUT2D eigenvalue weighted by atomic mass is 79.9. The molecule has 4 aliphatic heterocycles. The number of fused-ring (bicyclic) bond motifs is 1. The summed E-state index contributed by atoms with van der Waals surface area (Å²) in [6, 6.07) is 13.4.